The second-order valence-electron chi connectivity index (χ2n) is 4.74. The number of H-pyrrole nitrogens is 1. The minimum Gasteiger partial charge on any atom is -0.311 e. The summed E-state index contributed by atoms with van der Waals surface area (Å²) in [6.07, 6.45) is 1.37. The molecule has 0 bridgehead atoms. The van der Waals surface area contributed by atoms with E-state index >= 15 is 0 Å². The number of aryl methyl sites for hydroxylation is 1. The highest BCUT2D eigenvalue weighted by molar-refractivity contribution is 7.92. The molecule has 0 unspecified atom stereocenters. The molecule has 0 saturated carbocycles. The number of nitrogens with zero attached hydrogens (tertiary/aromatic N) is 2. The van der Waals surface area contributed by atoms with Gasteiger partial charge < -0.3 is 5.32 Å². The van der Waals surface area contributed by atoms with Crippen LogP contribution >= 0.6 is 12.4 Å². The topological polar surface area (TPSA) is 78.1 Å². The van der Waals surface area contributed by atoms with Crippen LogP contribution in [-0.2, 0) is 16.6 Å². The zero-order chi connectivity index (χ0) is 14.2. The molecule has 3 rings (SSSR count). The minimum atomic E-state index is -3.59. The Bertz CT molecular complexity index is 729. The molecule has 1 aliphatic rings. The van der Waals surface area contributed by atoms with Crippen molar-refractivity contribution in [2.75, 3.05) is 17.4 Å². The summed E-state index contributed by atoms with van der Waals surface area (Å²) in [6.45, 7) is 3.41. The van der Waals surface area contributed by atoms with Crippen LogP contribution in [0.1, 0.15) is 11.3 Å². The molecule has 1 aliphatic heterocycles. The van der Waals surface area contributed by atoms with Crippen molar-refractivity contribution in [3.8, 4) is 0 Å². The third-order valence-corrected chi connectivity index (χ3v) is 5.35. The average molecular weight is 329 g/mol. The Morgan fingerprint density at radius 2 is 2.05 bits per heavy atom. The van der Waals surface area contributed by atoms with Crippen LogP contribution in [0.4, 0.5) is 5.69 Å². The van der Waals surface area contributed by atoms with Crippen LogP contribution in [0.5, 0.6) is 0 Å². The van der Waals surface area contributed by atoms with E-state index in [1.165, 1.54) is 10.5 Å². The zero-order valence-corrected chi connectivity index (χ0v) is 13.2. The smallest absolute Gasteiger partial charge is 0.267 e. The second kappa shape index (κ2) is 6.05. The molecule has 114 valence electrons. The van der Waals surface area contributed by atoms with E-state index in [0.29, 0.717) is 25.3 Å². The largest absolute Gasteiger partial charge is 0.311 e. The molecule has 0 fully saturated rings. The molecule has 2 aromatic rings. The summed E-state index contributed by atoms with van der Waals surface area (Å²) in [6, 6.07) is 7.56. The quantitative estimate of drug-likeness (QED) is 0.874. The van der Waals surface area contributed by atoms with E-state index in [0.717, 1.165) is 11.3 Å². The van der Waals surface area contributed by atoms with Crippen molar-refractivity contribution in [3.05, 3.63) is 41.7 Å². The Labute approximate surface area is 130 Å². The van der Waals surface area contributed by atoms with E-state index in [1.807, 2.05) is 24.3 Å². The summed E-state index contributed by atoms with van der Waals surface area (Å²) in [5.41, 5.74) is 2.27. The Morgan fingerprint density at radius 1 is 1.29 bits per heavy atom. The summed E-state index contributed by atoms with van der Waals surface area (Å²) in [5.74, 6) is 0. The summed E-state index contributed by atoms with van der Waals surface area (Å²) in [5, 5.41) is 9.73. The van der Waals surface area contributed by atoms with E-state index in [9.17, 15) is 8.42 Å². The minimum absolute atomic E-state index is 0. The maximum Gasteiger partial charge on any atom is 0.267 e. The standard InChI is InChI=1S/C13H16N4O2S.ClH/c1-10-13(9-15-16-10)20(18,19)17-7-6-14-8-11-4-2-3-5-12(11)17;/h2-5,9,14H,6-8H2,1H3,(H,15,16);1H. The number of aromatic nitrogens is 2. The third kappa shape index (κ3) is 2.76. The molecular weight excluding hydrogens is 312 g/mol. The van der Waals surface area contributed by atoms with Crippen LogP contribution in [0.25, 0.3) is 0 Å². The van der Waals surface area contributed by atoms with Crippen molar-refractivity contribution in [1.82, 2.24) is 15.5 Å². The van der Waals surface area contributed by atoms with Gasteiger partial charge in [0.15, 0.2) is 0 Å². The number of halogens is 1. The fourth-order valence-corrected chi connectivity index (χ4v) is 4.02. The molecule has 0 radical (unpaired) electrons. The summed E-state index contributed by atoms with van der Waals surface area (Å²) in [7, 11) is -3.59. The lowest BCUT2D eigenvalue weighted by atomic mass is 10.2. The molecule has 6 nitrogen and oxygen atoms in total. The summed E-state index contributed by atoms with van der Waals surface area (Å²) < 4.78 is 27.1. The Hall–Kier alpha value is -1.57. The van der Waals surface area contributed by atoms with E-state index in [2.05, 4.69) is 15.5 Å². The Kier molecular flexibility index (Phi) is 4.55. The highest BCUT2D eigenvalue weighted by Crippen LogP contribution is 2.28. The van der Waals surface area contributed by atoms with Crippen LogP contribution in [-0.4, -0.2) is 31.7 Å². The predicted molar refractivity (Wildman–Crippen MR) is 83.3 cm³/mol. The van der Waals surface area contributed by atoms with Crippen LogP contribution in [0.2, 0.25) is 0 Å². The summed E-state index contributed by atoms with van der Waals surface area (Å²) >= 11 is 0. The average Bonchev–Trinajstić information content (AvgIpc) is 2.75. The van der Waals surface area contributed by atoms with Gasteiger partial charge in [-0.15, -0.1) is 12.4 Å². The molecule has 8 heteroatoms. The first kappa shape index (κ1) is 15.8. The number of fused-ring (bicyclic) bond motifs is 1. The van der Waals surface area contributed by atoms with Gasteiger partial charge in [0.1, 0.15) is 4.90 Å². The van der Waals surface area contributed by atoms with Crippen molar-refractivity contribution >= 4 is 28.1 Å². The van der Waals surface area contributed by atoms with Crippen molar-refractivity contribution in [2.45, 2.75) is 18.4 Å². The molecule has 0 saturated heterocycles. The highest BCUT2D eigenvalue weighted by Gasteiger charge is 2.29. The number of hydrogen-bond donors (Lipinski definition) is 2. The zero-order valence-electron chi connectivity index (χ0n) is 11.5. The van der Waals surface area contributed by atoms with E-state index in [4.69, 9.17) is 0 Å². The van der Waals surface area contributed by atoms with Gasteiger partial charge in [0, 0.05) is 19.6 Å². The lowest BCUT2D eigenvalue weighted by Gasteiger charge is -2.23. The summed E-state index contributed by atoms with van der Waals surface area (Å²) in [4.78, 5) is 0.231. The van der Waals surface area contributed by atoms with Crippen LogP contribution in [0, 0.1) is 6.92 Å². The van der Waals surface area contributed by atoms with Crippen molar-refractivity contribution < 1.29 is 8.42 Å². The van der Waals surface area contributed by atoms with Crippen LogP contribution in [0.3, 0.4) is 0 Å². The second-order valence-corrected chi connectivity index (χ2v) is 6.57. The van der Waals surface area contributed by atoms with E-state index < -0.39 is 10.0 Å². The molecule has 2 heterocycles. The maximum atomic E-state index is 12.8. The molecule has 2 N–H and O–H groups in total. The van der Waals surface area contributed by atoms with Gasteiger partial charge >= 0.3 is 0 Å². The Balaban J connectivity index is 0.00000161. The molecule has 0 atom stereocenters. The fourth-order valence-electron chi connectivity index (χ4n) is 2.40. The van der Waals surface area contributed by atoms with Crippen LogP contribution in [0.15, 0.2) is 35.4 Å². The van der Waals surface area contributed by atoms with Gasteiger partial charge in [-0.3, -0.25) is 9.40 Å². The first-order valence-corrected chi connectivity index (χ1v) is 7.86. The fraction of sp³-hybridized carbons (Fsp3) is 0.308. The number of hydrogen-bond acceptors (Lipinski definition) is 4. The first-order valence-electron chi connectivity index (χ1n) is 6.42. The van der Waals surface area contributed by atoms with Gasteiger partial charge in [-0.05, 0) is 18.6 Å². The maximum absolute atomic E-state index is 12.8. The first-order chi connectivity index (χ1) is 9.60. The van der Waals surface area contributed by atoms with Gasteiger partial charge in [-0.25, -0.2) is 8.42 Å². The number of aromatic amines is 1. The van der Waals surface area contributed by atoms with Gasteiger partial charge in [0.25, 0.3) is 10.0 Å². The molecule has 1 aromatic carbocycles. The molecule has 0 amide bonds. The molecular formula is C13H17ClN4O2S. The van der Waals surface area contributed by atoms with Gasteiger partial charge in [-0.1, -0.05) is 18.2 Å². The van der Waals surface area contributed by atoms with Crippen molar-refractivity contribution in [1.29, 1.82) is 0 Å². The SMILES string of the molecule is Cc1[nH]ncc1S(=O)(=O)N1CCNCc2ccccc21.Cl. The molecule has 0 aliphatic carbocycles. The van der Waals surface area contributed by atoms with Crippen LogP contribution < -0.4 is 9.62 Å². The highest BCUT2D eigenvalue weighted by atomic mass is 35.5. The van der Waals surface area contributed by atoms with E-state index in [1.54, 1.807) is 6.92 Å². The number of rotatable bonds is 2. The lowest BCUT2D eigenvalue weighted by molar-refractivity contribution is 0.589. The third-order valence-electron chi connectivity index (χ3n) is 3.42. The number of sulfonamides is 1. The number of nitrogens with one attached hydrogen (secondary N) is 2. The van der Waals surface area contributed by atoms with Gasteiger partial charge in [0.2, 0.25) is 0 Å². The molecule has 1 aromatic heterocycles. The number of benzene rings is 1. The Morgan fingerprint density at radius 3 is 2.76 bits per heavy atom. The van der Waals surface area contributed by atoms with Crippen molar-refractivity contribution in [3.63, 3.8) is 0 Å². The van der Waals surface area contributed by atoms with Crippen molar-refractivity contribution in [2.24, 2.45) is 0 Å². The van der Waals surface area contributed by atoms with Gasteiger partial charge in [0.05, 0.1) is 17.6 Å². The van der Waals surface area contributed by atoms with Gasteiger partial charge in [-0.2, -0.15) is 5.10 Å². The monoisotopic (exact) mass is 328 g/mol. The molecule has 21 heavy (non-hydrogen) atoms. The predicted octanol–water partition coefficient (Wildman–Crippen LogP) is 1.44. The number of anilines is 1. The normalized spacial score (nSPS) is 15.0. The lowest BCUT2D eigenvalue weighted by Crippen LogP contribution is -2.34. The van der Waals surface area contributed by atoms with E-state index in [-0.39, 0.29) is 17.3 Å². The molecule has 0 spiro atoms. The number of para-hydroxylation sites is 1.